The molecule has 9 rings (SSSR count). The molecule has 0 aliphatic carbocycles. The van der Waals surface area contributed by atoms with Crippen molar-refractivity contribution < 1.29 is 0 Å². The normalized spacial score (nSPS) is 11.5. The van der Waals surface area contributed by atoms with Gasteiger partial charge in [0.25, 0.3) is 0 Å². The SMILES string of the molecule is N#Cc1c(-n2c3ccccc3c3cc(-c4cccnc4)ccc32)cncc1-n1c2ccccc2c2cc(-c3cccnc3)ccc21. The molecule has 0 saturated carbocycles. The van der Waals surface area contributed by atoms with E-state index < -0.39 is 0 Å². The van der Waals surface area contributed by atoms with Gasteiger partial charge in [0.2, 0.25) is 0 Å². The summed E-state index contributed by atoms with van der Waals surface area (Å²) < 4.78 is 4.34. The molecule has 0 atom stereocenters. The molecule has 6 nitrogen and oxygen atoms in total. The summed E-state index contributed by atoms with van der Waals surface area (Å²) in [6.07, 6.45) is 10.9. The van der Waals surface area contributed by atoms with Gasteiger partial charge in [0.15, 0.2) is 0 Å². The van der Waals surface area contributed by atoms with Crippen molar-refractivity contribution in [2.75, 3.05) is 0 Å². The van der Waals surface area contributed by atoms with E-state index in [9.17, 15) is 5.26 Å². The third-order valence-corrected chi connectivity index (χ3v) is 8.83. The van der Waals surface area contributed by atoms with Crippen LogP contribution in [-0.4, -0.2) is 24.1 Å². The number of hydrogen-bond donors (Lipinski definition) is 0. The molecule has 0 spiro atoms. The van der Waals surface area contributed by atoms with Crippen molar-refractivity contribution in [1.29, 1.82) is 5.26 Å². The van der Waals surface area contributed by atoms with Crippen molar-refractivity contribution in [3.63, 3.8) is 0 Å². The van der Waals surface area contributed by atoms with Gasteiger partial charge < -0.3 is 9.13 Å². The minimum atomic E-state index is 0.549. The minimum Gasteiger partial charge on any atom is -0.306 e. The monoisotopic (exact) mass is 588 g/mol. The lowest BCUT2D eigenvalue weighted by Gasteiger charge is -2.15. The zero-order valence-corrected chi connectivity index (χ0v) is 24.5. The molecule has 0 bridgehead atoms. The quantitative estimate of drug-likeness (QED) is 0.205. The van der Waals surface area contributed by atoms with E-state index in [1.54, 1.807) is 24.8 Å². The fraction of sp³-hybridized carbons (Fsp3) is 0. The highest BCUT2D eigenvalue weighted by Gasteiger charge is 2.21. The second-order valence-corrected chi connectivity index (χ2v) is 11.3. The minimum absolute atomic E-state index is 0.549. The molecule has 9 aromatic rings. The number of para-hydroxylation sites is 2. The predicted molar refractivity (Wildman–Crippen MR) is 184 cm³/mol. The molecule has 5 heterocycles. The molecule has 5 aromatic heterocycles. The maximum absolute atomic E-state index is 10.9. The number of rotatable bonds is 4. The lowest BCUT2D eigenvalue weighted by Crippen LogP contribution is -2.05. The van der Waals surface area contributed by atoms with E-state index in [4.69, 9.17) is 4.98 Å². The molecule has 0 aliphatic rings. The van der Waals surface area contributed by atoms with Gasteiger partial charge >= 0.3 is 0 Å². The van der Waals surface area contributed by atoms with Crippen molar-refractivity contribution in [1.82, 2.24) is 24.1 Å². The van der Waals surface area contributed by atoms with Gasteiger partial charge in [-0.3, -0.25) is 15.0 Å². The Morgan fingerprint density at radius 1 is 0.435 bits per heavy atom. The summed E-state index contributed by atoms with van der Waals surface area (Å²) in [5.41, 5.74) is 10.4. The fourth-order valence-corrected chi connectivity index (χ4v) is 6.78. The third-order valence-electron chi connectivity index (χ3n) is 8.83. The Hall–Kier alpha value is -6.58. The van der Waals surface area contributed by atoms with E-state index in [1.807, 2.05) is 36.7 Å². The van der Waals surface area contributed by atoms with Crippen LogP contribution in [0.3, 0.4) is 0 Å². The van der Waals surface area contributed by atoms with Crippen LogP contribution in [0.25, 0.3) is 77.2 Å². The van der Waals surface area contributed by atoms with Gasteiger partial charge in [0, 0.05) is 57.5 Å². The second-order valence-electron chi connectivity index (χ2n) is 11.3. The van der Waals surface area contributed by atoms with Crippen LogP contribution in [0.1, 0.15) is 5.56 Å². The number of pyridine rings is 3. The average Bonchev–Trinajstić information content (AvgIpc) is 3.64. The molecule has 0 amide bonds. The summed E-state index contributed by atoms with van der Waals surface area (Å²) in [7, 11) is 0. The number of fused-ring (bicyclic) bond motifs is 6. The Balaban J connectivity index is 1.31. The molecule has 0 saturated heterocycles. The van der Waals surface area contributed by atoms with Crippen LogP contribution in [0, 0.1) is 11.3 Å². The number of nitriles is 1. The first kappa shape index (κ1) is 25.9. The molecule has 0 aliphatic heterocycles. The first-order chi connectivity index (χ1) is 22.8. The number of hydrogen-bond acceptors (Lipinski definition) is 4. The maximum Gasteiger partial charge on any atom is 0.104 e. The van der Waals surface area contributed by atoms with Gasteiger partial charge in [0.1, 0.15) is 11.6 Å². The number of nitrogens with zero attached hydrogens (tertiary/aromatic N) is 6. The summed E-state index contributed by atoms with van der Waals surface area (Å²) >= 11 is 0. The predicted octanol–water partition coefficient (Wildman–Crippen LogP) is 9.27. The standard InChI is InChI=1S/C40H24N6/c41-21-34-39(45-35-11-3-1-9-30(35)32-19-26(13-15-37(32)45)28-7-5-17-42-22-28)24-44-25-40(34)46-36-12-4-2-10-31(36)33-20-27(14-16-38(33)46)29-8-6-18-43-23-29/h1-20,22-25H. The Kier molecular flexibility index (Phi) is 5.77. The lowest BCUT2D eigenvalue weighted by atomic mass is 10.0. The molecule has 4 aromatic carbocycles. The molecule has 46 heavy (non-hydrogen) atoms. The van der Waals surface area contributed by atoms with Crippen molar-refractivity contribution in [3.8, 4) is 39.7 Å². The van der Waals surface area contributed by atoms with E-state index in [0.29, 0.717) is 5.56 Å². The van der Waals surface area contributed by atoms with Crippen LogP contribution in [0.15, 0.2) is 146 Å². The van der Waals surface area contributed by atoms with Gasteiger partial charge in [0.05, 0.1) is 45.8 Å². The molecule has 214 valence electrons. The largest absolute Gasteiger partial charge is 0.306 e. The highest BCUT2D eigenvalue weighted by molar-refractivity contribution is 6.12. The van der Waals surface area contributed by atoms with Crippen molar-refractivity contribution in [2.45, 2.75) is 0 Å². The Morgan fingerprint density at radius 3 is 1.37 bits per heavy atom. The first-order valence-corrected chi connectivity index (χ1v) is 15.1. The van der Waals surface area contributed by atoms with Crippen LogP contribution < -0.4 is 0 Å². The van der Waals surface area contributed by atoms with Crippen LogP contribution in [-0.2, 0) is 0 Å². The summed E-state index contributed by atoms with van der Waals surface area (Å²) in [4.78, 5) is 13.4. The van der Waals surface area contributed by atoms with Crippen LogP contribution in [0.2, 0.25) is 0 Å². The van der Waals surface area contributed by atoms with E-state index in [0.717, 1.165) is 77.2 Å². The second kappa shape index (κ2) is 10.3. The van der Waals surface area contributed by atoms with E-state index in [1.165, 1.54) is 0 Å². The zero-order valence-electron chi connectivity index (χ0n) is 24.5. The van der Waals surface area contributed by atoms with Crippen molar-refractivity contribution in [2.24, 2.45) is 0 Å². The Labute approximate surface area is 264 Å². The molecule has 0 fully saturated rings. The summed E-state index contributed by atoms with van der Waals surface area (Å²) in [6.45, 7) is 0. The topological polar surface area (TPSA) is 72.3 Å². The first-order valence-electron chi connectivity index (χ1n) is 15.1. The van der Waals surface area contributed by atoms with Crippen LogP contribution >= 0.6 is 0 Å². The molecular weight excluding hydrogens is 564 g/mol. The van der Waals surface area contributed by atoms with E-state index >= 15 is 0 Å². The molecular formula is C40H24N6. The van der Waals surface area contributed by atoms with E-state index in [2.05, 4.69) is 110 Å². The molecule has 0 N–H and O–H groups in total. The van der Waals surface area contributed by atoms with Crippen LogP contribution in [0.5, 0.6) is 0 Å². The smallest absolute Gasteiger partial charge is 0.104 e. The average molecular weight is 589 g/mol. The highest BCUT2D eigenvalue weighted by Crippen LogP contribution is 2.39. The Bertz CT molecular complexity index is 2470. The molecule has 0 unspecified atom stereocenters. The maximum atomic E-state index is 10.9. The molecule has 0 radical (unpaired) electrons. The number of benzene rings is 4. The summed E-state index contributed by atoms with van der Waals surface area (Å²) in [5, 5.41) is 15.3. The van der Waals surface area contributed by atoms with Gasteiger partial charge in [-0.05, 0) is 59.7 Å². The molecule has 6 heteroatoms. The van der Waals surface area contributed by atoms with Gasteiger partial charge in [-0.15, -0.1) is 0 Å². The number of aromatic nitrogens is 5. The summed E-state index contributed by atoms with van der Waals surface area (Å²) in [6, 6.07) is 40.2. The van der Waals surface area contributed by atoms with Gasteiger partial charge in [-0.2, -0.15) is 5.26 Å². The van der Waals surface area contributed by atoms with Crippen LogP contribution in [0.4, 0.5) is 0 Å². The van der Waals surface area contributed by atoms with E-state index in [-0.39, 0.29) is 0 Å². The highest BCUT2D eigenvalue weighted by atomic mass is 15.0. The van der Waals surface area contributed by atoms with Gasteiger partial charge in [-0.1, -0.05) is 60.7 Å². The fourth-order valence-electron chi connectivity index (χ4n) is 6.78. The zero-order chi connectivity index (χ0) is 30.6. The van der Waals surface area contributed by atoms with Crippen molar-refractivity contribution in [3.05, 3.63) is 152 Å². The van der Waals surface area contributed by atoms with Crippen molar-refractivity contribution >= 4 is 43.6 Å². The van der Waals surface area contributed by atoms with Gasteiger partial charge in [-0.25, -0.2) is 0 Å². The summed E-state index contributed by atoms with van der Waals surface area (Å²) in [5.74, 6) is 0. The third kappa shape index (κ3) is 3.86. The lowest BCUT2D eigenvalue weighted by molar-refractivity contribution is 1.07. The Morgan fingerprint density at radius 2 is 0.913 bits per heavy atom.